The second kappa shape index (κ2) is 13.9. The molecule has 0 unspecified atom stereocenters. The minimum atomic E-state index is -0.477. The van der Waals surface area contributed by atoms with E-state index in [1.54, 1.807) is 0 Å². The summed E-state index contributed by atoms with van der Waals surface area (Å²) in [6.07, 6.45) is 18.5. The maximum Gasteiger partial charge on any atom is 2.00 e. The van der Waals surface area contributed by atoms with Gasteiger partial charge >= 0.3 is 23.1 Å². The largest absolute Gasteiger partial charge is 2.00 e. The van der Waals surface area contributed by atoms with Crippen LogP contribution in [0.3, 0.4) is 0 Å². The molecule has 162 valence electrons. The summed E-state index contributed by atoms with van der Waals surface area (Å²) in [7, 11) is 0. The van der Waals surface area contributed by atoms with Crippen LogP contribution in [-0.2, 0) is 23.5 Å². The number of urea groups is 1. The average Bonchev–Trinajstić information content (AvgIpc) is 3.51. The number of rotatable bonds is 6. The van der Waals surface area contributed by atoms with Crippen molar-refractivity contribution < 1.29 is 26.8 Å². The van der Waals surface area contributed by atoms with Crippen LogP contribution in [-0.4, -0.2) is 17.0 Å². The number of nitro groups is 1. The molecule has 0 aliphatic heterocycles. The van der Waals surface area contributed by atoms with Gasteiger partial charge in [0.15, 0.2) is 0 Å². The normalized spacial score (nSPS) is 16.2. The zero-order valence-electron chi connectivity index (χ0n) is 17.2. The number of benzene rings is 2. The van der Waals surface area contributed by atoms with E-state index < -0.39 is 4.92 Å². The first-order chi connectivity index (χ1) is 15.1. The second-order valence-corrected chi connectivity index (χ2v) is 6.83. The van der Waals surface area contributed by atoms with Crippen LogP contribution in [0.2, 0.25) is 0 Å². The summed E-state index contributed by atoms with van der Waals surface area (Å²) < 4.78 is 0. The van der Waals surface area contributed by atoms with Crippen LogP contribution < -0.4 is 10.6 Å². The first-order valence-corrected chi connectivity index (χ1v) is 9.86. The van der Waals surface area contributed by atoms with E-state index in [9.17, 15) is 14.9 Å². The molecule has 1 atom stereocenters. The van der Waals surface area contributed by atoms with Crippen molar-refractivity contribution in [1.29, 1.82) is 0 Å². The van der Waals surface area contributed by atoms with Crippen LogP contribution in [0.15, 0.2) is 54.6 Å². The van der Waals surface area contributed by atoms with Gasteiger partial charge in [-0.15, -0.1) is 0 Å². The molecule has 0 saturated heterocycles. The van der Waals surface area contributed by atoms with Crippen LogP contribution in [0.25, 0.3) is 0 Å². The topological polar surface area (TPSA) is 84.3 Å². The number of nitrogens with one attached hydrogen (secondary N) is 2. The third-order valence-electron chi connectivity index (χ3n) is 4.57. The summed E-state index contributed by atoms with van der Waals surface area (Å²) in [5.74, 6) is 1.02. The Labute approximate surface area is 201 Å². The van der Waals surface area contributed by atoms with Crippen LogP contribution in [0.1, 0.15) is 5.56 Å². The molecule has 0 spiro atoms. The second-order valence-electron chi connectivity index (χ2n) is 6.83. The molecule has 6 nitrogen and oxygen atoms in total. The predicted octanol–water partition coefficient (Wildman–Crippen LogP) is 4.75. The van der Waals surface area contributed by atoms with Gasteiger partial charge in [0, 0.05) is 29.8 Å². The van der Waals surface area contributed by atoms with Crippen LogP contribution in [0.5, 0.6) is 0 Å². The average molecular weight is 469 g/mol. The number of nitro benzene ring substituents is 1. The Kier molecular flexibility index (Phi) is 11.3. The van der Waals surface area contributed by atoms with E-state index in [-0.39, 0.29) is 34.8 Å². The standard InChI is InChI=1S/C20H18N3O3.C5H5.Fe/c24-20(21-17-10-12-18(13-11-17)23(25)26)22-19(16-8-4-5-9-16)14-15-6-2-1-3-7-15;1-2-4-5-3-1;/h1-13,19H,14H2,(H2,21,22,24);1-5H;/q;;+2/t19-;;/m1../s1. The molecule has 7 heteroatoms. The van der Waals surface area contributed by atoms with Gasteiger partial charge in [0.25, 0.3) is 5.69 Å². The maximum atomic E-state index is 12.4. The fraction of sp³-hybridized carbons (Fsp3) is 0.0800. The molecule has 2 aromatic carbocycles. The monoisotopic (exact) mass is 469 g/mol. The summed E-state index contributed by atoms with van der Waals surface area (Å²) in [4.78, 5) is 22.6. The minimum Gasteiger partial charge on any atom is -0.334 e. The van der Waals surface area contributed by atoms with Gasteiger partial charge in [-0.2, -0.15) is 0 Å². The number of non-ortho nitro benzene ring substituents is 1. The molecule has 2 aromatic rings. The van der Waals surface area contributed by atoms with Gasteiger partial charge in [-0.1, -0.05) is 30.3 Å². The Morgan fingerprint density at radius 2 is 1.41 bits per heavy atom. The van der Waals surface area contributed by atoms with Gasteiger partial charge in [-0.3, -0.25) is 10.1 Å². The van der Waals surface area contributed by atoms with E-state index in [0.29, 0.717) is 12.1 Å². The van der Waals surface area contributed by atoms with Crippen molar-refractivity contribution in [3.05, 3.63) is 134 Å². The molecule has 0 aromatic heterocycles. The van der Waals surface area contributed by atoms with Crippen molar-refractivity contribution in [2.45, 2.75) is 12.5 Å². The Bertz CT molecular complexity index is 812. The molecular formula is C25H23FeN3O3+2. The van der Waals surface area contributed by atoms with E-state index in [1.165, 1.54) is 24.3 Å². The third-order valence-corrected chi connectivity index (χ3v) is 4.57. The zero-order valence-corrected chi connectivity index (χ0v) is 18.3. The molecule has 4 rings (SSSR count). The molecule has 0 heterocycles. The summed E-state index contributed by atoms with van der Waals surface area (Å²) in [5, 5.41) is 16.4. The molecule has 10 radical (unpaired) electrons. The van der Waals surface area contributed by atoms with Gasteiger partial charge in [0.2, 0.25) is 0 Å². The van der Waals surface area contributed by atoms with Crippen LogP contribution in [0, 0.1) is 73.8 Å². The summed E-state index contributed by atoms with van der Waals surface area (Å²) >= 11 is 0. The van der Waals surface area contributed by atoms with Crippen LogP contribution in [0.4, 0.5) is 16.2 Å². The Hall–Kier alpha value is -2.37. The van der Waals surface area contributed by atoms with Crippen molar-refractivity contribution in [3.63, 3.8) is 0 Å². The molecule has 2 N–H and O–H groups in total. The van der Waals surface area contributed by atoms with Crippen molar-refractivity contribution in [2.75, 3.05) is 5.32 Å². The van der Waals surface area contributed by atoms with E-state index in [1.807, 2.05) is 88.1 Å². The van der Waals surface area contributed by atoms with Crippen molar-refractivity contribution in [2.24, 2.45) is 0 Å². The van der Waals surface area contributed by atoms with Crippen molar-refractivity contribution in [3.8, 4) is 0 Å². The Morgan fingerprint density at radius 1 is 0.844 bits per heavy atom. The van der Waals surface area contributed by atoms with E-state index in [0.717, 1.165) is 11.5 Å². The zero-order chi connectivity index (χ0) is 21.9. The SMILES string of the molecule is O=C(Nc1ccc([N+](=O)[O-])cc1)N[C@H](Cc1ccccc1)[C]1[CH][CH][CH][CH]1.[CH]1[CH][CH][CH][CH]1.[Fe+2]. The van der Waals surface area contributed by atoms with Gasteiger partial charge in [0.1, 0.15) is 0 Å². The number of anilines is 1. The van der Waals surface area contributed by atoms with Gasteiger partial charge in [-0.05, 0) is 81.9 Å². The molecule has 32 heavy (non-hydrogen) atoms. The summed E-state index contributed by atoms with van der Waals surface area (Å²) in [6, 6.07) is 15.1. The molecule has 2 aliphatic carbocycles. The molecule has 2 amide bonds. The fourth-order valence-corrected chi connectivity index (χ4v) is 3.04. The quantitative estimate of drug-likeness (QED) is 0.364. The van der Waals surface area contributed by atoms with Crippen molar-refractivity contribution in [1.82, 2.24) is 5.32 Å². The summed E-state index contributed by atoms with van der Waals surface area (Å²) in [6.45, 7) is 0. The fourth-order valence-electron chi connectivity index (χ4n) is 3.04. The minimum absolute atomic E-state index is 0. The number of amides is 2. The molecule has 2 aliphatic rings. The summed E-state index contributed by atoms with van der Waals surface area (Å²) in [5.41, 5.74) is 1.60. The molecule has 0 bridgehead atoms. The smallest absolute Gasteiger partial charge is 0.334 e. The van der Waals surface area contributed by atoms with E-state index in [4.69, 9.17) is 0 Å². The first kappa shape index (κ1) is 25.9. The van der Waals surface area contributed by atoms with Crippen molar-refractivity contribution >= 4 is 17.4 Å². The molecule has 2 fully saturated rings. The Morgan fingerprint density at radius 3 is 1.94 bits per heavy atom. The van der Waals surface area contributed by atoms with Crippen LogP contribution >= 0.6 is 0 Å². The van der Waals surface area contributed by atoms with Gasteiger partial charge < -0.3 is 10.6 Å². The number of carbonyl (C=O) groups is 1. The van der Waals surface area contributed by atoms with E-state index >= 15 is 0 Å². The first-order valence-electron chi connectivity index (χ1n) is 9.86. The van der Waals surface area contributed by atoms with E-state index in [2.05, 4.69) is 10.6 Å². The maximum absolute atomic E-state index is 12.4. The number of carbonyl (C=O) groups excluding carboxylic acids is 1. The van der Waals surface area contributed by atoms with Gasteiger partial charge in [-0.25, -0.2) is 4.79 Å². The number of nitrogens with zero attached hydrogens (tertiary/aromatic N) is 1. The Balaban J connectivity index is 0.000000534. The molecule has 2 saturated carbocycles. The third kappa shape index (κ3) is 8.64. The number of hydrogen-bond donors (Lipinski definition) is 2. The predicted molar refractivity (Wildman–Crippen MR) is 121 cm³/mol. The number of hydrogen-bond acceptors (Lipinski definition) is 3. The molecular weight excluding hydrogens is 446 g/mol. The van der Waals surface area contributed by atoms with Gasteiger partial charge in [0.05, 0.1) is 4.92 Å².